The van der Waals surface area contributed by atoms with E-state index in [0.717, 1.165) is 16.2 Å². The van der Waals surface area contributed by atoms with Gasteiger partial charge in [0.25, 0.3) is 0 Å². The van der Waals surface area contributed by atoms with Crippen LogP contribution in [0.3, 0.4) is 0 Å². The van der Waals surface area contributed by atoms with E-state index in [4.69, 9.17) is 4.74 Å². The van der Waals surface area contributed by atoms with E-state index in [-0.39, 0.29) is 12.4 Å². The first-order chi connectivity index (χ1) is 10.2. The molecule has 21 heavy (non-hydrogen) atoms. The highest BCUT2D eigenvalue weighted by molar-refractivity contribution is 8.17. The van der Waals surface area contributed by atoms with Crippen molar-refractivity contribution in [3.63, 3.8) is 0 Å². The number of thioether (sulfide) groups is 1. The molecule has 1 aromatic carbocycles. The van der Waals surface area contributed by atoms with E-state index in [1.807, 2.05) is 0 Å². The number of rotatable bonds is 3. The number of halogens is 1. The largest absolute Gasteiger partial charge is 0.457 e. The maximum atomic E-state index is 12.8. The molecule has 3 rings (SSSR count). The van der Waals surface area contributed by atoms with Crippen molar-refractivity contribution >= 4 is 29.0 Å². The summed E-state index contributed by atoms with van der Waals surface area (Å²) >= 11 is 1.39. The first-order valence-corrected chi connectivity index (χ1v) is 7.15. The fourth-order valence-electron chi connectivity index (χ4n) is 1.84. The van der Waals surface area contributed by atoms with Gasteiger partial charge < -0.3 is 4.74 Å². The Hall–Kier alpha value is -2.21. The molecule has 0 unspecified atom stereocenters. The fourth-order valence-corrected chi connectivity index (χ4v) is 2.62. The lowest BCUT2D eigenvalue weighted by atomic mass is 10.2. The number of fused-ring (bicyclic) bond motifs is 1. The van der Waals surface area contributed by atoms with Gasteiger partial charge in [0.05, 0.1) is 5.57 Å². The van der Waals surface area contributed by atoms with Crippen LogP contribution in [0.25, 0.3) is 0 Å². The molecule has 4 nitrogen and oxygen atoms in total. The second-order valence-corrected chi connectivity index (χ2v) is 5.27. The topological polar surface area (TPSA) is 51.0 Å². The highest BCUT2D eigenvalue weighted by Crippen LogP contribution is 2.25. The van der Waals surface area contributed by atoms with Crippen LogP contribution in [-0.4, -0.2) is 23.9 Å². The van der Waals surface area contributed by atoms with E-state index in [1.165, 1.54) is 23.9 Å². The quantitative estimate of drug-likeness (QED) is 0.807. The minimum absolute atomic E-state index is 0.110. The van der Waals surface area contributed by atoms with Crippen LogP contribution in [-0.2, 0) is 16.1 Å². The summed E-state index contributed by atoms with van der Waals surface area (Å²) in [6.07, 6.45) is 3.42. The highest BCUT2D eigenvalue weighted by Gasteiger charge is 2.19. The number of carbonyl (C=O) groups is 1. The van der Waals surface area contributed by atoms with E-state index in [0.29, 0.717) is 12.2 Å². The summed E-state index contributed by atoms with van der Waals surface area (Å²) in [6, 6.07) is 5.84. The Morgan fingerprint density at radius 2 is 2.14 bits per heavy atom. The molecule has 2 aliphatic rings. The van der Waals surface area contributed by atoms with E-state index in [2.05, 4.69) is 9.98 Å². The Bertz CT molecular complexity index is 690. The van der Waals surface area contributed by atoms with Crippen molar-refractivity contribution in [2.45, 2.75) is 6.61 Å². The normalized spacial score (nSPS) is 16.5. The third-order valence-electron chi connectivity index (χ3n) is 2.90. The molecule has 0 spiro atoms. The summed E-state index contributed by atoms with van der Waals surface area (Å²) in [4.78, 5) is 20.3. The van der Waals surface area contributed by atoms with Gasteiger partial charge in [-0.1, -0.05) is 23.9 Å². The maximum absolute atomic E-state index is 12.8. The molecule has 2 aliphatic heterocycles. The molecule has 1 aromatic rings. The molecule has 0 aromatic heterocycles. The highest BCUT2D eigenvalue weighted by atomic mass is 32.2. The number of ether oxygens (including phenoxy) is 1. The molecular weight excluding hydrogens is 291 g/mol. The minimum Gasteiger partial charge on any atom is -0.457 e. The average molecular weight is 302 g/mol. The van der Waals surface area contributed by atoms with Crippen molar-refractivity contribution in [3.05, 3.63) is 58.3 Å². The minimum atomic E-state index is -0.419. The Labute approximate surface area is 125 Å². The molecule has 0 bridgehead atoms. The molecule has 2 heterocycles. The third-order valence-corrected chi connectivity index (χ3v) is 3.86. The van der Waals surface area contributed by atoms with Crippen LogP contribution in [0.4, 0.5) is 4.39 Å². The molecule has 6 heteroatoms. The predicted octanol–water partition coefficient (Wildman–Crippen LogP) is 2.87. The van der Waals surface area contributed by atoms with E-state index in [1.54, 1.807) is 29.8 Å². The van der Waals surface area contributed by atoms with Gasteiger partial charge >= 0.3 is 5.97 Å². The SMILES string of the molecule is O=C(OCc1ccc(F)cc1)C1=CSC2=NCN=CC2=C1. The number of benzene rings is 1. The first kappa shape index (κ1) is 13.8. The molecule has 0 saturated heterocycles. The Morgan fingerprint density at radius 3 is 2.95 bits per heavy atom. The zero-order valence-corrected chi connectivity index (χ0v) is 11.8. The smallest absolute Gasteiger partial charge is 0.339 e. The van der Waals surface area contributed by atoms with Crippen LogP contribution in [0.2, 0.25) is 0 Å². The van der Waals surface area contributed by atoms with Gasteiger partial charge in [0.2, 0.25) is 0 Å². The molecule has 0 atom stereocenters. The first-order valence-electron chi connectivity index (χ1n) is 6.27. The van der Waals surface area contributed by atoms with Crippen molar-refractivity contribution in [2.24, 2.45) is 9.98 Å². The number of hydrogen-bond acceptors (Lipinski definition) is 5. The van der Waals surface area contributed by atoms with E-state index in [9.17, 15) is 9.18 Å². The number of hydrogen-bond donors (Lipinski definition) is 0. The van der Waals surface area contributed by atoms with Gasteiger partial charge in [-0.25, -0.2) is 9.18 Å². The summed E-state index contributed by atoms with van der Waals surface area (Å²) in [5, 5.41) is 2.58. The van der Waals surface area contributed by atoms with Crippen LogP contribution < -0.4 is 0 Å². The van der Waals surface area contributed by atoms with Crippen LogP contribution in [0, 0.1) is 5.82 Å². The molecule has 0 fully saturated rings. The van der Waals surface area contributed by atoms with Crippen molar-refractivity contribution < 1.29 is 13.9 Å². The Morgan fingerprint density at radius 1 is 1.33 bits per heavy atom. The van der Waals surface area contributed by atoms with E-state index >= 15 is 0 Å². The van der Waals surface area contributed by atoms with Crippen LogP contribution >= 0.6 is 11.8 Å². The molecule has 0 N–H and O–H groups in total. The van der Waals surface area contributed by atoms with Crippen LogP contribution in [0.1, 0.15) is 5.56 Å². The lowest BCUT2D eigenvalue weighted by molar-refractivity contribution is -0.139. The van der Waals surface area contributed by atoms with Crippen molar-refractivity contribution in [2.75, 3.05) is 6.67 Å². The standard InChI is InChI=1S/C15H11FN2O2S/c16-13-3-1-10(2-4-13)7-20-15(19)12-5-11-6-17-9-18-14(11)21-8-12/h1-6,8H,7,9H2. The summed E-state index contributed by atoms with van der Waals surface area (Å²) < 4.78 is 18.0. The predicted molar refractivity (Wildman–Crippen MR) is 80.7 cm³/mol. The second-order valence-electron chi connectivity index (χ2n) is 4.41. The lowest BCUT2D eigenvalue weighted by Crippen LogP contribution is -2.13. The third kappa shape index (κ3) is 3.28. The molecule has 0 amide bonds. The summed E-state index contributed by atoms with van der Waals surface area (Å²) in [5.74, 6) is -0.734. The van der Waals surface area contributed by atoms with Gasteiger partial charge in [0.1, 0.15) is 24.1 Å². The number of carbonyl (C=O) groups excluding carboxylic acids is 1. The van der Waals surface area contributed by atoms with Gasteiger partial charge in [0, 0.05) is 11.8 Å². The zero-order chi connectivity index (χ0) is 14.7. The van der Waals surface area contributed by atoms with Crippen molar-refractivity contribution in [1.29, 1.82) is 0 Å². The Kier molecular flexibility index (Phi) is 3.96. The van der Waals surface area contributed by atoms with Crippen LogP contribution in [0.15, 0.2) is 56.9 Å². The lowest BCUT2D eigenvalue weighted by Gasteiger charge is -2.14. The molecule has 0 radical (unpaired) electrons. The van der Waals surface area contributed by atoms with Crippen molar-refractivity contribution in [3.8, 4) is 0 Å². The summed E-state index contributed by atoms with van der Waals surface area (Å²) in [5.41, 5.74) is 2.02. The van der Waals surface area contributed by atoms with Crippen LogP contribution in [0.5, 0.6) is 0 Å². The molecule has 106 valence electrons. The maximum Gasteiger partial charge on any atom is 0.339 e. The number of esters is 1. The monoisotopic (exact) mass is 302 g/mol. The second kappa shape index (κ2) is 6.05. The summed E-state index contributed by atoms with van der Waals surface area (Å²) in [6.45, 7) is 0.539. The zero-order valence-electron chi connectivity index (χ0n) is 11.0. The van der Waals surface area contributed by atoms with Gasteiger partial charge in [-0.15, -0.1) is 0 Å². The van der Waals surface area contributed by atoms with E-state index < -0.39 is 5.97 Å². The van der Waals surface area contributed by atoms with Crippen molar-refractivity contribution in [1.82, 2.24) is 0 Å². The molecule has 0 saturated carbocycles. The Balaban J connectivity index is 1.64. The van der Waals surface area contributed by atoms with Gasteiger partial charge in [-0.05, 0) is 29.2 Å². The van der Waals surface area contributed by atoms with Gasteiger partial charge in [-0.3, -0.25) is 9.98 Å². The molecule has 0 aliphatic carbocycles. The average Bonchev–Trinajstić information content (AvgIpc) is 2.53. The number of nitrogens with zero attached hydrogens (tertiary/aromatic N) is 2. The number of aliphatic imine (C=N–C) groups is 2. The van der Waals surface area contributed by atoms with Gasteiger partial charge in [-0.2, -0.15) is 0 Å². The fraction of sp³-hybridized carbons (Fsp3) is 0.133. The molecular formula is C15H11FN2O2S. The summed E-state index contributed by atoms with van der Waals surface area (Å²) in [7, 11) is 0. The van der Waals surface area contributed by atoms with Gasteiger partial charge in [0.15, 0.2) is 0 Å².